The molecule has 0 bridgehead atoms. The number of piperidine rings is 1. The molecule has 3 rings (SSSR count). The molecule has 1 aliphatic heterocycles. The minimum Gasteiger partial charge on any atom is -0.372 e. The Kier molecular flexibility index (Phi) is 7.77. The van der Waals surface area contributed by atoms with E-state index in [0.717, 1.165) is 30.9 Å². The number of ether oxygens (including phenoxy) is 1. The summed E-state index contributed by atoms with van der Waals surface area (Å²) >= 11 is 2.94. The van der Waals surface area contributed by atoms with Crippen molar-refractivity contribution in [2.24, 2.45) is 0 Å². The standard InChI is InChI=1S/C16H22N4O2S2.ClH/c1-3-22-10(2)15-18-9-13(23-15)14(21)20-16-19-8-12(24-16)11-4-6-17-7-5-11;/h8-11,17H,3-7H2,1-2H3,(H,19,20,21);1H. The van der Waals surface area contributed by atoms with E-state index in [9.17, 15) is 4.79 Å². The van der Waals surface area contributed by atoms with E-state index in [1.807, 2.05) is 20.0 Å². The smallest absolute Gasteiger partial charge is 0.269 e. The molecule has 138 valence electrons. The van der Waals surface area contributed by atoms with Gasteiger partial charge in [-0.1, -0.05) is 0 Å². The summed E-state index contributed by atoms with van der Waals surface area (Å²) in [4.78, 5) is 22.8. The van der Waals surface area contributed by atoms with Crippen LogP contribution < -0.4 is 10.6 Å². The predicted octanol–water partition coefficient (Wildman–Crippen LogP) is 3.84. The maximum atomic E-state index is 12.4. The van der Waals surface area contributed by atoms with Crippen molar-refractivity contribution in [1.82, 2.24) is 15.3 Å². The molecule has 3 heterocycles. The molecular weight excluding hydrogens is 380 g/mol. The van der Waals surface area contributed by atoms with Gasteiger partial charge in [0.05, 0.1) is 6.20 Å². The number of rotatable bonds is 6. The van der Waals surface area contributed by atoms with E-state index in [4.69, 9.17) is 4.74 Å². The highest BCUT2D eigenvalue weighted by atomic mass is 35.5. The minimum absolute atomic E-state index is 0. The Morgan fingerprint density at radius 2 is 2.12 bits per heavy atom. The molecule has 2 aromatic heterocycles. The van der Waals surface area contributed by atoms with E-state index >= 15 is 0 Å². The molecule has 0 aliphatic carbocycles. The first-order valence-corrected chi connectivity index (χ1v) is 9.85. The maximum absolute atomic E-state index is 12.4. The van der Waals surface area contributed by atoms with Gasteiger partial charge in [0, 0.05) is 17.7 Å². The van der Waals surface area contributed by atoms with Crippen LogP contribution in [0.3, 0.4) is 0 Å². The lowest BCUT2D eigenvalue weighted by Crippen LogP contribution is -2.26. The summed E-state index contributed by atoms with van der Waals surface area (Å²) in [5.74, 6) is 0.394. The van der Waals surface area contributed by atoms with E-state index in [1.165, 1.54) is 16.2 Å². The minimum atomic E-state index is -0.159. The molecule has 1 fully saturated rings. The van der Waals surface area contributed by atoms with E-state index in [1.54, 1.807) is 17.5 Å². The van der Waals surface area contributed by atoms with Crippen LogP contribution in [0, 0.1) is 0 Å². The van der Waals surface area contributed by atoms with Crippen molar-refractivity contribution in [3.8, 4) is 0 Å². The topological polar surface area (TPSA) is 76.1 Å². The number of hydrogen-bond acceptors (Lipinski definition) is 7. The molecule has 2 N–H and O–H groups in total. The first-order valence-electron chi connectivity index (χ1n) is 8.22. The highest BCUT2D eigenvalue weighted by Gasteiger charge is 2.20. The summed E-state index contributed by atoms with van der Waals surface area (Å²) in [6.45, 7) is 6.61. The van der Waals surface area contributed by atoms with Gasteiger partial charge in [-0.05, 0) is 45.7 Å². The van der Waals surface area contributed by atoms with Gasteiger partial charge in [-0.3, -0.25) is 10.1 Å². The van der Waals surface area contributed by atoms with E-state index < -0.39 is 0 Å². The predicted molar refractivity (Wildman–Crippen MR) is 104 cm³/mol. The van der Waals surface area contributed by atoms with Crippen LogP contribution in [0.25, 0.3) is 0 Å². The van der Waals surface area contributed by atoms with Crippen molar-refractivity contribution in [3.63, 3.8) is 0 Å². The first kappa shape index (κ1) is 20.3. The van der Waals surface area contributed by atoms with Crippen LogP contribution in [-0.4, -0.2) is 35.6 Å². The molecular formula is C16H23ClN4O2S2. The van der Waals surface area contributed by atoms with Gasteiger partial charge < -0.3 is 10.1 Å². The number of nitrogens with zero attached hydrogens (tertiary/aromatic N) is 2. The summed E-state index contributed by atoms with van der Waals surface area (Å²) < 4.78 is 5.51. The average Bonchev–Trinajstić information content (AvgIpc) is 3.25. The third-order valence-corrected chi connectivity index (χ3v) is 6.23. The Hall–Kier alpha value is -1.06. The van der Waals surface area contributed by atoms with Crippen molar-refractivity contribution < 1.29 is 9.53 Å². The van der Waals surface area contributed by atoms with Crippen molar-refractivity contribution in [2.75, 3.05) is 25.0 Å². The van der Waals surface area contributed by atoms with Gasteiger partial charge in [-0.25, -0.2) is 9.97 Å². The number of nitrogens with one attached hydrogen (secondary N) is 2. The van der Waals surface area contributed by atoms with E-state index in [-0.39, 0.29) is 24.4 Å². The van der Waals surface area contributed by atoms with Gasteiger partial charge in [0.1, 0.15) is 16.0 Å². The second kappa shape index (κ2) is 9.59. The zero-order valence-electron chi connectivity index (χ0n) is 14.3. The van der Waals surface area contributed by atoms with Gasteiger partial charge >= 0.3 is 0 Å². The molecule has 1 saturated heterocycles. The fourth-order valence-corrected chi connectivity index (χ4v) is 4.49. The molecule has 6 nitrogen and oxygen atoms in total. The van der Waals surface area contributed by atoms with Crippen LogP contribution >= 0.6 is 35.1 Å². The van der Waals surface area contributed by atoms with Crippen molar-refractivity contribution in [3.05, 3.63) is 27.2 Å². The second-order valence-electron chi connectivity index (χ2n) is 5.71. The molecule has 1 amide bonds. The van der Waals surface area contributed by atoms with Crippen LogP contribution in [-0.2, 0) is 4.74 Å². The third kappa shape index (κ3) is 5.21. The number of hydrogen-bond donors (Lipinski definition) is 2. The number of aromatic nitrogens is 2. The normalized spacial score (nSPS) is 16.2. The molecule has 9 heteroatoms. The summed E-state index contributed by atoms with van der Waals surface area (Å²) in [6.07, 6.45) is 5.66. The largest absolute Gasteiger partial charge is 0.372 e. The van der Waals surface area contributed by atoms with Gasteiger partial charge in [0.15, 0.2) is 5.13 Å². The first-order chi connectivity index (χ1) is 11.7. The fourth-order valence-electron chi connectivity index (χ4n) is 2.70. The van der Waals surface area contributed by atoms with Crippen LogP contribution in [0.4, 0.5) is 5.13 Å². The fraction of sp³-hybridized carbons (Fsp3) is 0.562. The molecule has 0 spiro atoms. The van der Waals surface area contributed by atoms with Crippen LogP contribution in [0.5, 0.6) is 0 Å². The Bertz CT molecular complexity index is 685. The summed E-state index contributed by atoms with van der Waals surface area (Å²) in [6, 6.07) is 0. The number of carbonyl (C=O) groups excluding carboxylic acids is 1. The lowest BCUT2D eigenvalue weighted by Gasteiger charge is -2.20. The molecule has 1 unspecified atom stereocenters. The zero-order chi connectivity index (χ0) is 16.9. The van der Waals surface area contributed by atoms with Crippen molar-refractivity contribution in [1.29, 1.82) is 0 Å². The zero-order valence-corrected chi connectivity index (χ0v) is 16.7. The SMILES string of the molecule is CCOC(C)c1ncc(C(=O)Nc2ncc(C3CCNCC3)s2)s1.Cl. The Balaban J connectivity index is 0.00000225. The summed E-state index contributed by atoms with van der Waals surface area (Å²) in [5.41, 5.74) is 0. The molecule has 2 aromatic rings. The highest BCUT2D eigenvalue weighted by Crippen LogP contribution is 2.32. The van der Waals surface area contributed by atoms with Crippen molar-refractivity contribution >= 4 is 46.1 Å². The lowest BCUT2D eigenvalue weighted by molar-refractivity contribution is 0.0762. The quantitative estimate of drug-likeness (QED) is 0.767. The van der Waals surface area contributed by atoms with Gasteiger partial charge in [-0.2, -0.15) is 0 Å². The summed E-state index contributed by atoms with van der Waals surface area (Å²) in [7, 11) is 0. The Morgan fingerprint density at radius 3 is 2.84 bits per heavy atom. The van der Waals surface area contributed by atoms with Crippen LogP contribution in [0.2, 0.25) is 0 Å². The average molecular weight is 403 g/mol. The molecule has 0 aromatic carbocycles. The second-order valence-corrected chi connectivity index (χ2v) is 7.83. The molecule has 1 atom stereocenters. The Morgan fingerprint density at radius 1 is 1.36 bits per heavy atom. The van der Waals surface area contributed by atoms with Crippen LogP contribution in [0.1, 0.15) is 58.3 Å². The number of thiazole rings is 2. The lowest BCUT2D eigenvalue weighted by atomic mass is 9.97. The molecule has 0 saturated carbocycles. The summed E-state index contributed by atoms with van der Waals surface area (Å²) in [5, 5.41) is 7.72. The van der Waals surface area contributed by atoms with E-state index in [0.29, 0.717) is 22.5 Å². The number of anilines is 1. The van der Waals surface area contributed by atoms with Crippen molar-refractivity contribution in [2.45, 2.75) is 38.7 Å². The molecule has 25 heavy (non-hydrogen) atoms. The van der Waals surface area contributed by atoms with Gasteiger partial charge in [0.2, 0.25) is 0 Å². The molecule has 1 aliphatic rings. The highest BCUT2D eigenvalue weighted by molar-refractivity contribution is 7.16. The molecule has 0 radical (unpaired) electrons. The monoisotopic (exact) mass is 402 g/mol. The number of carbonyl (C=O) groups is 1. The number of amides is 1. The van der Waals surface area contributed by atoms with Crippen LogP contribution in [0.15, 0.2) is 12.4 Å². The maximum Gasteiger partial charge on any atom is 0.269 e. The Labute approximate surface area is 161 Å². The van der Waals surface area contributed by atoms with Gasteiger partial charge in [0.25, 0.3) is 5.91 Å². The third-order valence-electron chi connectivity index (χ3n) is 4.00. The van der Waals surface area contributed by atoms with E-state index in [2.05, 4.69) is 20.6 Å². The number of halogens is 1. The van der Waals surface area contributed by atoms with Gasteiger partial charge in [-0.15, -0.1) is 35.1 Å².